The Bertz CT molecular complexity index is 745. The van der Waals surface area contributed by atoms with Crippen molar-refractivity contribution in [2.24, 2.45) is 0 Å². The Morgan fingerprint density at radius 2 is 2.18 bits per heavy atom. The Morgan fingerprint density at radius 1 is 1.29 bits per heavy atom. The number of pyridine rings is 1. The smallest absolute Gasteiger partial charge is 0.257 e. The van der Waals surface area contributed by atoms with Gasteiger partial charge >= 0.3 is 0 Å². The van der Waals surface area contributed by atoms with E-state index in [4.69, 9.17) is 16.1 Å². The van der Waals surface area contributed by atoms with Crippen LogP contribution in [0.3, 0.4) is 0 Å². The van der Waals surface area contributed by atoms with Crippen molar-refractivity contribution in [1.82, 2.24) is 10.1 Å². The zero-order chi connectivity index (χ0) is 11.8. The monoisotopic (exact) mass is 246 g/mol. The molecule has 0 aliphatic carbocycles. The summed E-state index contributed by atoms with van der Waals surface area (Å²) in [5, 5.41) is 5.25. The first-order valence-electron chi connectivity index (χ1n) is 4.99. The quantitative estimate of drug-likeness (QED) is 0.718. The summed E-state index contributed by atoms with van der Waals surface area (Å²) in [5.74, 6) is 0. The van der Waals surface area contributed by atoms with Gasteiger partial charge in [0.15, 0.2) is 5.58 Å². The molecule has 5 heteroatoms. The molecular formula is C12H7ClN2O2. The van der Waals surface area contributed by atoms with Gasteiger partial charge in [-0.25, -0.2) is 0 Å². The number of nitrogens with one attached hydrogen (secondary N) is 1. The average Bonchev–Trinajstić information content (AvgIpc) is 2.72. The van der Waals surface area contributed by atoms with Crippen molar-refractivity contribution in [1.29, 1.82) is 0 Å². The van der Waals surface area contributed by atoms with E-state index in [2.05, 4.69) is 10.1 Å². The van der Waals surface area contributed by atoms with Crippen molar-refractivity contribution < 1.29 is 4.52 Å². The van der Waals surface area contributed by atoms with Crippen LogP contribution in [-0.2, 0) is 0 Å². The van der Waals surface area contributed by atoms with Gasteiger partial charge in [0.25, 0.3) is 5.56 Å². The van der Waals surface area contributed by atoms with Crippen molar-refractivity contribution in [3.8, 4) is 11.3 Å². The molecule has 0 fully saturated rings. The first kappa shape index (κ1) is 10.1. The predicted octanol–water partition coefficient (Wildman–Crippen LogP) is 2.84. The van der Waals surface area contributed by atoms with Crippen LogP contribution in [0.2, 0.25) is 5.02 Å². The third kappa shape index (κ3) is 1.62. The number of hydrogen-bond acceptors (Lipinski definition) is 3. The zero-order valence-electron chi connectivity index (χ0n) is 8.61. The van der Waals surface area contributed by atoms with Gasteiger partial charge in [0.2, 0.25) is 0 Å². The van der Waals surface area contributed by atoms with Gasteiger partial charge in [-0.3, -0.25) is 4.79 Å². The van der Waals surface area contributed by atoms with Gasteiger partial charge in [-0.05, 0) is 24.3 Å². The van der Waals surface area contributed by atoms with Crippen molar-refractivity contribution in [3.05, 3.63) is 51.9 Å². The van der Waals surface area contributed by atoms with Crippen LogP contribution in [0.4, 0.5) is 0 Å². The standard InChI is InChI=1S/C12H7ClN2O2/c13-7-3-4-8-10(6-7)17-15-11(8)9-2-1-5-14-12(9)16/h1-6H,(H,14,16). The Kier molecular flexibility index (Phi) is 2.23. The Balaban J connectivity index is 2.32. The van der Waals surface area contributed by atoms with Crippen LogP contribution in [0.15, 0.2) is 45.8 Å². The molecule has 0 saturated carbocycles. The molecule has 3 rings (SSSR count). The van der Waals surface area contributed by atoms with Crippen LogP contribution in [-0.4, -0.2) is 10.1 Å². The highest BCUT2D eigenvalue weighted by atomic mass is 35.5. The summed E-state index contributed by atoms with van der Waals surface area (Å²) < 4.78 is 5.15. The molecule has 0 spiro atoms. The van der Waals surface area contributed by atoms with E-state index in [0.29, 0.717) is 21.9 Å². The molecule has 0 radical (unpaired) electrons. The van der Waals surface area contributed by atoms with Crippen LogP contribution in [0, 0.1) is 0 Å². The van der Waals surface area contributed by atoms with Gasteiger partial charge in [-0.1, -0.05) is 16.8 Å². The SMILES string of the molecule is O=c1[nH]cccc1-c1noc2cc(Cl)ccc12. The van der Waals surface area contributed by atoms with E-state index in [1.54, 1.807) is 36.5 Å². The molecule has 1 N–H and O–H groups in total. The van der Waals surface area contributed by atoms with E-state index < -0.39 is 0 Å². The van der Waals surface area contributed by atoms with E-state index in [9.17, 15) is 4.79 Å². The highest BCUT2D eigenvalue weighted by molar-refractivity contribution is 6.31. The summed E-state index contributed by atoms with van der Waals surface area (Å²) in [6, 6.07) is 8.64. The third-order valence-electron chi connectivity index (χ3n) is 2.51. The highest BCUT2D eigenvalue weighted by Gasteiger charge is 2.12. The Hall–Kier alpha value is -2.07. The number of hydrogen-bond donors (Lipinski definition) is 1. The number of nitrogens with zero attached hydrogens (tertiary/aromatic N) is 1. The molecule has 1 aromatic carbocycles. The summed E-state index contributed by atoms with van der Waals surface area (Å²) in [4.78, 5) is 14.3. The molecule has 0 saturated heterocycles. The van der Waals surface area contributed by atoms with Gasteiger partial charge in [-0.15, -0.1) is 0 Å². The van der Waals surface area contributed by atoms with Crippen LogP contribution in [0.1, 0.15) is 0 Å². The van der Waals surface area contributed by atoms with Gasteiger partial charge in [0.1, 0.15) is 5.69 Å². The molecule has 3 aromatic rings. The molecule has 0 aliphatic rings. The van der Waals surface area contributed by atoms with Crippen LogP contribution < -0.4 is 5.56 Å². The molecule has 2 aromatic heterocycles. The number of halogens is 1. The predicted molar refractivity (Wildman–Crippen MR) is 65.1 cm³/mol. The molecule has 4 nitrogen and oxygen atoms in total. The fraction of sp³-hybridized carbons (Fsp3) is 0. The van der Waals surface area contributed by atoms with Crippen molar-refractivity contribution >= 4 is 22.6 Å². The number of aromatic nitrogens is 2. The molecular weight excluding hydrogens is 240 g/mol. The minimum atomic E-state index is -0.197. The largest absolute Gasteiger partial charge is 0.356 e. The molecule has 0 bridgehead atoms. The second kappa shape index (κ2) is 3.75. The third-order valence-corrected chi connectivity index (χ3v) is 2.74. The summed E-state index contributed by atoms with van der Waals surface area (Å²) in [5.41, 5.74) is 1.38. The number of benzene rings is 1. The number of rotatable bonds is 1. The van der Waals surface area contributed by atoms with Crippen molar-refractivity contribution in [2.75, 3.05) is 0 Å². The van der Waals surface area contributed by atoms with Gasteiger partial charge in [0.05, 0.1) is 10.9 Å². The first-order chi connectivity index (χ1) is 8.25. The molecule has 0 atom stereocenters. The van der Waals surface area contributed by atoms with E-state index in [-0.39, 0.29) is 5.56 Å². The van der Waals surface area contributed by atoms with Crippen molar-refractivity contribution in [2.45, 2.75) is 0 Å². The lowest BCUT2D eigenvalue weighted by Crippen LogP contribution is -2.07. The van der Waals surface area contributed by atoms with Gasteiger partial charge < -0.3 is 9.51 Å². The number of fused-ring (bicyclic) bond motifs is 1. The second-order valence-corrected chi connectivity index (χ2v) is 4.02. The fourth-order valence-corrected chi connectivity index (χ4v) is 1.88. The summed E-state index contributed by atoms with van der Waals surface area (Å²) in [7, 11) is 0. The van der Waals surface area contributed by atoms with E-state index in [0.717, 1.165) is 5.39 Å². The van der Waals surface area contributed by atoms with Crippen LogP contribution in [0.5, 0.6) is 0 Å². The first-order valence-corrected chi connectivity index (χ1v) is 5.36. The molecule has 0 unspecified atom stereocenters. The molecule has 0 amide bonds. The van der Waals surface area contributed by atoms with E-state index >= 15 is 0 Å². The molecule has 2 heterocycles. The summed E-state index contributed by atoms with van der Waals surface area (Å²) in [6.45, 7) is 0. The Labute approximate surface area is 101 Å². The Morgan fingerprint density at radius 3 is 3.00 bits per heavy atom. The lowest BCUT2D eigenvalue weighted by atomic mass is 10.1. The van der Waals surface area contributed by atoms with Crippen LogP contribution in [0.25, 0.3) is 22.2 Å². The van der Waals surface area contributed by atoms with Crippen molar-refractivity contribution in [3.63, 3.8) is 0 Å². The minimum absolute atomic E-state index is 0.197. The molecule has 17 heavy (non-hydrogen) atoms. The second-order valence-electron chi connectivity index (χ2n) is 3.58. The molecule has 0 aliphatic heterocycles. The van der Waals surface area contributed by atoms with Crippen LogP contribution >= 0.6 is 11.6 Å². The molecule has 84 valence electrons. The maximum atomic E-state index is 11.7. The van der Waals surface area contributed by atoms with Gasteiger partial charge in [0, 0.05) is 17.3 Å². The highest BCUT2D eigenvalue weighted by Crippen LogP contribution is 2.27. The van der Waals surface area contributed by atoms with Gasteiger partial charge in [-0.2, -0.15) is 0 Å². The lowest BCUT2D eigenvalue weighted by Gasteiger charge is -1.94. The lowest BCUT2D eigenvalue weighted by molar-refractivity contribution is 0.459. The topological polar surface area (TPSA) is 58.9 Å². The minimum Gasteiger partial charge on any atom is -0.356 e. The normalized spacial score (nSPS) is 10.9. The zero-order valence-corrected chi connectivity index (χ0v) is 9.36. The summed E-state index contributed by atoms with van der Waals surface area (Å²) >= 11 is 5.85. The maximum absolute atomic E-state index is 11.7. The average molecular weight is 247 g/mol. The number of H-pyrrole nitrogens is 1. The summed E-state index contributed by atoms with van der Waals surface area (Å²) in [6.07, 6.45) is 1.57. The fourth-order valence-electron chi connectivity index (χ4n) is 1.71. The number of aromatic amines is 1. The maximum Gasteiger partial charge on any atom is 0.257 e. The van der Waals surface area contributed by atoms with E-state index in [1.807, 2.05) is 0 Å². The van der Waals surface area contributed by atoms with E-state index in [1.165, 1.54) is 0 Å².